The van der Waals surface area contributed by atoms with Gasteiger partial charge in [-0.2, -0.15) is 0 Å². The van der Waals surface area contributed by atoms with Gasteiger partial charge in [-0.1, -0.05) is 18.2 Å². The van der Waals surface area contributed by atoms with Crippen LogP contribution >= 0.6 is 0 Å². The number of benzene rings is 2. The van der Waals surface area contributed by atoms with Gasteiger partial charge in [-0.25, -0.2) is 0 Å². The van der Waals surface area contributed by atoms with Crippen molar-refractivity contribution in [2.75, 3.05) is 11.9 Å². The van der Waals surface area contributed by atoms with Gasteiger partial charge < -0.3 is 15.2 Å². The van der Waals surface area contributed by atoms with E-state index in [9.17, 15) is 9.90 Å². The summed E-state index contributed by atoms with van der Waals surface area (Å²) in [7, 11) is 0. The minimum Gasteiger partial charge on any atom is -0.508 e. The molecule has 2 aromatic rings. The number of ether oxygens (including phenoxy) is 1. The summed E-state index contributed by atoms with van der Waals surface area (Å²) in [6.07, 6.45) is 0. The van der Waals surface area contributed by atoms with Crippen molar-refractivity contribution in [3.05, 3.63) is 53.6 Å². The molecule has 0 aliphatic carbocycles. The molecule has 0 saturated heterocycles. The summed E-state index contributed by atoms with van der Waals surface area (Å²) in [5.41, 5.74) is 2.44. The molecule has 0 bridgehead atoms. The lowest BCUT2D eigenvalue weighted by Gasteiger charge is -2.10. The topological polar surface area (TPSA) is 58.6 Å². The van der Waals surface area contributed by atoms with E-state index in [-0.39, 0.29) is 18.3 Å². The summed E-state index contributed by atoms with van der Waals surface area (Å²) in [4.78, 5) is 11.8. The Balaban J connectivity index is 1.94. The fourth-order valence-corrected chi connectivity index (χ4v) is 1.82. The van der Waals surface area contributed by atoms with E-state index in [2.05, 4.69) is 5.32 Å². The Morgan fingerprint density at radius 1 is 1.20 bits per heavy atom. The maximum absolute atomic E-state index is 11.8. The molecule has 0 spiro atoms. The molecule has 0 aromatic heterocycles. The van der Waals surface area contributed by atoms with Crippen LogP contribution in [0.5, 0.6) is 11.5 Å². The highest BCUT2D eigenvalue weighted by Gasteiger charge is 2.07. The molecular weight excluding hydrogens is 254 g/mol. The monoisotopic (exact) mass is 271 g/mol. The van der Waals surface area contributed by atoms with Gasteiger partial charge in [0.05, 0.1) is 0 Å². The van der Waals surface area contributed by atoms with Crippen LogP contribution in [0.2, 0.25) is 0 Å². The van der Waals surface area contributed by atoms with Crippen molar-refractivity contribution >= 4 is 11.6 Å². The number of hydrogen-bond donors (Lipinski definition) is 2. The van der Waals surface area contributed by atoms with Gasteiger partial charge in [0.25, 0.3) is 5.91 Å². The number of amides is 1. The number of phenolic OH excluding ortho intramolecular Hbond substituents is 1. The zero-order valence-electron chi connectivity index (χ0n) is 11.5. The quantitative estimate of drug-likeness (QED) is 0.898. The Morgan fingerprint density at radius 2 is 1.95 bits per heavy atom. The fourth-order valence-electron chi connectivity index (χ4n) is 1.82. The molecule has 2 aromatic carbocycles. The van der Waals surface area contributed by atoms with Crippen LogP contribution in [0.1, 0.15) is 11.1 Å². The number of aromatic hydroxyl groups is 1. The molecule has 2 rings (SSSR count). The smallest absolute Gasteiger partial charge is 0.262 e. The third kappa shape index (κ3) is 3.51. The maximum Gasteiger partial charge on any atom is 0.262 e. The van der Waals surface area contributed by atoms with Crippen LogP contribution in [-0.4, -0.2) is 17.6 Å². The average molecular weight is 271 g/mol. The first-order valence-corrected chi connectivity index (χ1v) is 6.34. The lowest BCUT2D eigenvalue weighted by Crippen LogP contribution is -2.20. The van der Waals surface area contributed by atoms with Gasteiger partial charge >= 0.3 is 0 Å². The van der Waals surface area contributed by atoms with Crippen molar-refractivity contribution in [1.29, 1.82) is 0 Å². The van der Waals surface area contributed by atoms with Crippen LogP contribution in [0.3, 0.4) is 0 Å². The number of rotatable bonds is 4. The molecule has 0 radical (unpaired) electrons. The average Bonchev–Trinajstić information content (AvgIpc) is 2.40. The Morgan fingerprint density at radius 3 is 2.70 bits per heavy atom. The van der Waals surface area contributed by atoms with Gasteiger partial charge in [0.2, 0.25) is 0 Å². The number of carbonyl (C=O) groups is 1. The third-order valence-corrected chi connectivity index (χ3v) is 2.92. The molecule has 0 fully saturated rings. The number of carbonyl (C=O) groups excluding carboxylic acids is 1. The van der Waals surface area contributed by atoms with Gasteiger partial charge in [-0.3, -0.25) is 4.79 Å². The van der Waals surface area contributed by atoms with Crippen molar-refractivity contribution in [3.8, 4) is 11.5 Å². The van der Waals surface area contributed by atoms with Gasteiger partial charge in [0.15, 0.2) is 6.61 Å². The normalized spacial score (nSPS) is 10.1. The van der Waals surface area contributed by atoms with Crippen LogP contribution in [0, 0.1) is 13.8 Å². The molecule has 0 saturated carbocycles. The second-order valence-corrected chi connectivity index (χ2v) is 4.61. The summed E-state index contributed by atoms with van der Waals surface area (Å²) in [5, 5.41) is 12.3. The first-order chi connectivity index (χ1) is 9.56. The summed E-state index contributed by atoms with van der Waals surface area (Å²) in [5.74, 6) is 0.421. The third-order valence-electron chi connectivity index (χ3n) is 2.92. The highest BCUT2D eigenvalue weighted by Crippen LogP contribution is 2.25. The second kappa shape index (κ2) is 6.10. The first-order valence-electron chi connectivity index (χ1n) is 6.34. The second-order valence-electron chi connectivity index (χ2n) is 4.61. The summed E-state index contributed by atoms with van der Waals surface area (Å²) in [6, 6.07) is 12.5. The Kier molecular flexibility index (Phi) is 4.25. The minimum absolute atomic E-state index is 0.0990. The van der Waals surface area contributed by atoms with Crippen LogP contribution in [0.25, 0.3) is 0 Å². The van der Waals surface area contributed by atoms with Crippen LogP contribution in [0.15, 0.2) is 42.5 Å². The van der Waals surface area contributed by atoms with Crippen LogP contribution in [0.4, 0.5) is 5.69 Å². The number of nitrogens with one attached hydrogen (secondary N) is 1. The van der Waals surface area contributed by atoms with Crippen molar-refractivity contribution in [2.24, 2.45) is 0 Å². The highest BCUT2D eigenvalue weighted by molar-refractivity contribution is 5.91. The van der Waals surface area contributed by atoms with Crippen LogP contribution in [-0.2, 0) is 4.79 Å². The summed E-state index contributed by atoms with van der Waals surface area (Å²) in [6.45, 7) is 3.60. The van der Waals surface area contributed by atoms with Gasteiger partial charge in [0, 0.05) is 11.3 Å². The zero-order valence-corrected chi connectivity index (χ0v) is 11.5. The number of hydrogen-bond acceptors (Lipinski definition) is 3. The van der Waals surface area contributed by atoms with E-state index < -0.39 is 0 Å². The molecule has 20 heavy (non-hydrogen) atoms. The number of anilines is 1. The highest BCUT2D eigenvalue weighted by atomic mass is 16.5. The van der Waals surface area contributed by atoms with Crippen molar-refractivity contribution in [1.82, 2.24) is 0 Å². The standard InChI is InChI=1S/C16H17NO3/c1-11-5-3-6-13(9-11)17-16(19)10-20-15-8-4-7-14(18)12(15)2/h3-9,18H,10H2,1-2H3,(H,17,19). The van der Waals surface area contributed by atoms with E-state index >= 15 is 0 Å². The number of aryl methyl sites for hydroxylation is 1. The fraction of sp³-hybridized carbons (Fsp3) is 0.188. The largest absolute Gasteiger partial charge is 0.508 e. The van der Waals surface area contributed by atoms with Crippen molar-refractivity contribution < 1.29 is 14.6 Å². The van der Waals surface area contributed by atoms with Crippen molar-refractivity contribution in [2.45, 2.75) is 13.8 Å². The SMILES string of the molecule is Cc1cccc(NC(=O)COc2cccc(O)c2C)c1. The molecule has 104 valence electrons. The van der Waals surface area contributed by atoms with Crippen LogP contribution < -0.4 is 10.1 Å². The van der Waals surface area contributed by atoms with E-state index in [0.717, 1.165) is 11.3 Å². The maximum atomic E-state index is 11.8. The number of phenols is 1. The zero-order chi connectivity index (χ0) is 14.5. The van der Waals surface area contributed by atoms with E-state index in [1.165, 1.54) is 0 Å². The van der Waals surface area contributed by atoms with E-state index in [4.69, 9.17) is 4.74 Å². The summed E-state index contributed by atoms with van der Waals surface area (Å²) >= 11 is 0. The summed E-state index contributed by atoms with van der Waals surface area (Å²) < 4.78 is 5.41. The van der Waals surface area contributed by atoms with E-state index in [1.54, 1.807) is 25.1 Å². The first kappa shape index (κ1) is 13.9. The van der Waals surface area contributed by atoms with E-state index in [0.29, 0.717) is 11.3 Å². The van der Waals surface area contributed by atoms with E-state index in [1.807, 2.05) is 31.2 Å². The molecule has 0 atom stereocenters. The molecule has 0 heterocycles. The Bertz CT molecular complexity index is 623. The molecule has 1 amide bonds. The lowest BCUT2D eigenvalue weighted by atomic mass is 10.2. The van der Waals surface area contributed by atoms with Gasteiger partial charge in [-0.05, 0) is 43.7 Å². The molecule has 0 aliphatic heterocycles. The predicted molar refractivity (Wildman–Crippen MR) is 78.1 cm³/mol. The molecule has 0 unspecified atom stereocenters. The molecule has 0 aliphatic rings. The van der Waals surface area contributed by atoms with Crippen molar-refractivity contribution in [3.63, 3.8) is 0 Å². The molecule has 4 nitrogen and oxygen atoms in total. The lowest BCUT2D eigenvalue weighted by molar-refractivity contribution is -0.118. The molecular formula is C16H17NO3. The molecule has 2 N–H and O–H groups in total. The van der Waals surface area contributed by atoms with Gasteiger partial charge in [0.1, 0.15) is 11.5 Å². The predicted octanol–water partition coefficient (Wildman–Crippen LogP) is 3.03. The Hall–Kier alpha value is -2.49. The minimum atomic E-state index is -0.238. The Labute approximate surface area is 118 Å². The van der Waals surface area contributed by atoms with Gasteiger partial charge in [-0.15, -0.1) is 0 Å². The molecule has 4 heteroatoms.